The van der Waals surface area contributed by atoms with Crippen LogP contribution in [-0.2, 0) is 0 Å². The van der Waals surface area contributed by atoms with E-state index in [-0.39, 0.29) is 5.95 Å². The Labute approximate surface area is 94.6 Å². The Morgan fingerprint density at radius 1 is 1.53 bits per heavy atom. The Balaban J connectivity index is 2.57. The van der Waals surface area contributed by atoms with Crippen molar-refractivity contribution in [1.29, 1.82) is 0 Å². The third kappa shape index (κ3) is 3.89. The van der Waals surface area contributed by atoms with Crippen LogP contribution in [-0.4, -0.2) is 41.5 Å². The molecule has 6 heteroatoms. The van der Waals surface area contributed by atoms with Crippen molar-refractivity contribution < 1.29 is 0 Å². The van der Waals surface area contributed by atoms with Crippen LogP contribution in [0.3, 0.4) is 0 Å². The van der Waals surface area contributed by atoms with Gasteiger partial charge in [-0.05, 0) is 21.0 Å². The van der Waals surface area contributed by atoms with E-state index in [9.17, 15) is 0 Å². The van der Waals surface area contributed by atoms with Crippen LogP contribution >= 0.6 is 11.6 Å². The van der Waals surface area contributed by atoms with E-state index in [1.165, 1.54) is 0 Å². The molecule has 1 rings (SSSR count). The van der Waals surface area contributed by atoms with Crippen molar-refractivity contribution in [3.8, 4) is 0 Å². The van der Waals surface area contributed by atoms with Crippen LogP contribution in [0.5, 0.6) is 0 Å². The molecule has 0 saturated carbocycles. The van der Waals surface area contributed by atoms with Crippen molar-refractivity contribution >= 4 is 23.4 Å². The predicted octanol–water partition coefficient (Wildman–Crippen LogP) is 1.07. The summed E-state index contributed by atoms with van der Waals surface area (Å²) in [6, 6.07) is 2.06. The zero-order valence-electron chi connectivity index (χ0n) is 9.16. The molecule has 0 bridgehead atoms. The maximum atomic E-state index is 5.75. The Kier molecular flexibility index (Phi) is 4.11. The van der Waals surface area contributed by atoms with Gasteiger partial charge in [0.1, 0.15) is 11.0 Å². The van der Waals surface area contributed by atoms with E-state index >= 15 is 0 Å². The largest absolute Gasteiger partial charge is 0.368 e. The summed E-state index contributed by atoms with van der Waals surface area (Å²) < 4.78 is 0. The maximum Gasteiger partial charge on any atom is 0.223 e. The lowest BCUT2D eigenvalue weighted by atomic mass is 10.3. The van der Waals surface area contributed by atoms with Gasteiger partial charge in [-0.2, -0.15) is 4.98 Å². The molecule has 0 aromatic carbocycles. The Hall–Kier alpha value is -1.07. The number of rotatable bonds is 4. The van der Waals surface area contributed by atoms with Gasteiger partial charge in [0.2, 0.25) is 5.95 Å². The first-order valence-corrected chi connectivity index (χ1v) is 5.07. The van der Waals surface area contributed by atoms with Gasteiger partial charge < -0.3 is 16.0 Å². The van der Waals surface area contributed by atoms with Crippen LogP contribution in [0.25, 0.3) is 0 Å². The molecule has 0 aliphatic heterocycles. The summed E-state index contributed by atoms with van der Waals surface area (Å²) in [5, 5.41) is 3.50. The zero-order valence-corrected chi connectivity index (χ0v) is 9.91. The molecule has 0 radical (unpaired) electrons. The van der Waals surface area contributed by atoms with Gasteiger partial charge in [-0.25, -0.2) is 4.98 Å². The van der Waals surface area contributed by atoms with Gasteiger partial charge in [0.05, 0.1) is 0 Å². The molecule has 3 N–H and O–H groups in total. The van der Waals surface area contributed by atoms with E-state index < -0.39 is 0 Å². The summed E-state index contributed by atoms with van der Waals surface area (Å²) in [6.45, 7) is 2.89. The summed E-state index contributed by atoms with van der Waals surface area (Å²) in [5.74, 6) is 0.837. The van der Waals surface area contributed by atoms with Crippen LogP contribution in [0.4, 0.5) is 11.8 Å². The summed E-state index contributed by atoms with van der Waals surface area (Å²) in [5.41, 5.74) is 5.47. The summed E-state index contributed by atoms with van der Waals surface area (Å²) in [6.07, 6.45) is 0. The summed E-state index contributed by atoms with van der Waals surface area (Å²) in [4.78, 5) is 9.91. The SMILES string of the molecule is CC(CNc1cc(Cl)nc(N)n1)N(C)C. The predicted molar refractivity (Wildman–Crippen MR) is 63.1 cm³/mol. The third-order valence-corrected chi connectivity index (χ3v) is 2.37. The van der Waals surface area contributed by atoms with Gasteiger partial charge in [0.25, 0.3) is 0 Å². The van der Waals surface area contributed by atoms with Crippen LogP contribution in [0.2, 0.25) is 5.15 Å². The molecular weight excluding hydrogens is 214 g/mol. The minimum atomic E-state index is 0.183. The van der Waals surface area contributed by atoms with E-state index in [0.29, 0.717) is 17.0 Å². The van der Waals surface area contributed by atoms with Crippen LogP contribution in [0.15, 0.2) is 6.07 Å². The van der Waals surface area contributed by atoms with Gasteiger partial charge in [0, 0.05) is 18.7 Å². The first-order chi connectivity index (χ1) is 6.99. The molecule has 1 unspecified atom stereocenters. The second-order valence-corrected chi connectivity index (χ2v) is 4.01. The number of likely N-dealkylation sites (N-methyl/N-ethyl adjacent to an activating group) is 1. The molecule has 84 valence electrons. The quantitative estimate of drug-likeness (QED) is 0.757. The van der Waals surface area contributed by atoms with Crippen molar-refractivity contribution in [2.75, 3.05) is 31.7 Å². The molecule has 15 heavy (non-hydrogen) atoms. The second kappa shape index (κ2) is 5.14. The number of anilines is 2. The normalized spacial score (nSPS) is 12.9. The van der Waals surface area contributed by atoms with Crippen molar-refractivity contribution in [3.63, 3.8) is 0 Å². The number of hydrogen-bond acceptors (Lipinski definition) is 5. The highest BCUT2D eigenvalue weighted by atomic mass is 35.5. The lowest BCUT2D eigenvalue weighted by Crippen LogP contribution is -2.31. The fourth-order valence-electron chi connectivity index (χ4n) is 0.961. The van der Waals surface area contributed by atoms with Crippen molar-refractivity contribution in [2.24, 2.45) is 0 Å². The van der Waals surface area contributed by atoms with Crippen LogP contribution < -0.4 is 11.1 Å². The Morgan fingerprint density at radius 2 is 2.20 bits per heavy atom. The molecule has 5 nitrogen and oxygen atoms in total. The maximum absolute atomic E-state index is 5.75. The minimum Gasteiger partial charge on any atom is -0.368 e. The van der Waals surface area contributed by atoms with E-state index in [2.05, 4.69) is 27.1 Å². The first-order valence-electron chi connectivity index (χ1n) is 4.69. The molecule has 0 saturated heterocycles. The Bertz CT molecular complexity index is 308. The van der Waals surface area contributed by atoms with Crippen LogP contribution in [0, 0.1) is 0 Å². The average Bonchev–Trinajstić information content (AvgIpc) is 2.12. The molecule has 0 aliphatic rings. The number of aromatic nitrogens is 2. The topological polar surface area (TPSA) is 67.1 Å². The number of hydrogen-bond donors (Lipinski definition) is 2. The molecule has 0 spiro atoms. The van der Waals surface area contributed by atoms with E-state index in [4.69, 9.17) is 17.3 Å². The lowest BCUT2D eigenvalue weighted by molar-refractivity contribution is 0.326. The molecule has 1 aromatic rings. The highest BCUT2D eigenvalue weighted by molar-refractivity contribution is 6.29. The molecular formula is C9H16ClN5. The number of nitrogens with zero attached hydrogens (tertiary/aromatic N) is 3. The van der Waals surface area contributed by atoms with Gasteiger partial charge in [0.15, 0.2) is 0 Å². The Morgan fingerprint density at radius 3 is 2.73 bits per heavy atom. The van der Waals surface area contributed by atoms with Crippen molar-refractivity contribution in [3.05, 3.63) is 11.2 Å². The smallest absolute Gasteiger partial charge is 0.223 e. The molecule has 1 aromatic heterocycles. The first kappa shape index (κ1) is 12.0. The zero-order chi connectivity index (χ0) is 11.4. The van der Waals surface area contributed by atoms with Crippen molar-refractivity contribution in [2.45, 2.75) is 13.0 Å². The van der Waals surface area contributed by atoms with Gasteiger partial charge in [-0.15, -0.1) is 0 Å². The molecule has 1 atom stereocenters. The van der Waals surface area contributed by atoms with E-state index in [0.717, 1.165) is 6.54 Å². The lowest BCUT2D eigenvalue weighted by Gasteiger charge is -2.20. The van der Waals surface area contributed by atoms with Gasteiger partial charge in [-0.3, -0.25) is 0 Å². The highest BCUT2D eigenvalue weighted by Crippen LogP contribution is 2.12. The summed E-state index contributed by atoms with van der Waals surface area (Å²) in [7, 11) is 4.04. The van der Waals surface area contributed by atoms with Crippen LogP contribution in [0.1, 0.15) is 6.92 Å². The molecule has 0 aliphatic carbocycles. The van der Waals surface area contributed by atoms with Gasteiger partial charge >= 0.3 is 0 Å². The standard InChI is InChI=1S/C9H16ClN5/c1-6(15(2)3)5-12-8-4-7(10)13-9(11)14-8/h4,6H,5H2,1-3H3,(H3,11,12,13,14). The number of halogens is 1. The van der Waals surface area contributed by atoms with Gasteiger partial charge in [-0.1, -0.05) is 11.6 Å². The summed E-state index contributed by atoms with van der Waals surface area (Å²) >= 11 is 5.75. The van der Waals surface area contributed by atoms with Crippen molar-refractivity contribution in [1.82, 2.24) is 14.9 Å². The average molecular weight is 230 g/mol. The molecule has 1 heterocycles. The molecule has 0 amide bonds. The van der Waals surface area contributed by atoms with E-state index in [1.54, 1.807) is 6.07 Å². The number of nitrogens with one attached hydrogen (secondary N) is 1. The minimum absolute atomic E-state index is 0.183. The highest BCUT2D eigenvalue weighted by Gasteiger charge is 2.05. The fraction of sp³-hybridized carbons (Fsp3) is 0.556. The fourth-order valence-corrected chi connectivity index (χ4v) is 1.15. The monoisotopic (exact) mass is 229 g/mol. The number of nitrogens with two attached hydrogens (primary N) is 1. The second-order valence-electron chi connectivity index (χ2n) is 3.63. The number of nitrogen functional groups attached to an aromatic ring is 1. The van der Waals surface area contributed by atoms with E-state index in [1.807, 2.05) is 14.1 Å². The molecule has 0 fully saturated rings. The third-order valence-electron chi connectivity index (χ3n) is 2.17.